The average Bonchev–Trinajstić information content (AvgIpc) is 2.32. The Morgan fingerprint density at radius 3 is 1.94 bits per heavy atom. The summed E-state index contributed by atoms with van der Waals surface area (Å²) in [5.41, 5.74) is 0.446. The number of Topliss-reactive ketones (excluding diaryl/α,β-unsaturated/α-hetero) is 1. The van der Waals surface area contributed by atoms with Crippen LogP contribution in [0.3, 0.4) is 0 Å². The van der Waals surface area contributed by atoms with Crippen LogP contribution in [0.2, 0.25) is 0 Å². The third-order valence-corrected chi connectivity index (χ3v) is 3.48. The molecule has 0 amide bonds. The van der Waals surface area contributed by atoms with Crippen LogP contribution in [0.4, 0.5) is 0 Å². The molecular weight excluding hydrogens is 234 g/mol. The number of carbonyl (C=O) groups excluding carboxylic acids is 1. The molecule has 17 heavy (non-hydrogen) atoms. The van der Waals surface area contributed by atoms with Crippen molar-refractivity contribution in [2.75, 3.05) is 14.1 Å². The van der Waals surface area contributed by atoms with E-state index in [1.54, 1.807) is 0 Å². The van der Waals surface area contributed by atoms with E-state index in [4.69, 9.17) is 0 Å². The molecule has 0 aliphatic carbocycles. The Bertz CT molecular complexity index is 344. The molecular formula is C14H22ClNO. The van der Waals surface area contributed by atoms with Gasteiger partial charge in [-0.2, -0.15) is 0 Å². The molecule has 1 aromatic rings. The number of hydrogen-bond donors (Lipinski definition) is 0. The first-order valence-electron chi connectivity index (χ1n) is 5.85. The quantitative estimate of drug-likeness (QED) is 0.752. The van der Waals surface area contributed by atoms with Gasteiger partial charge in [-0.25, -0.2) is 0 Å². The largest absolute Gasteiger partial charge is 0.297 e. The molecule has 96 valence electrons. The summed E-state index contributed by atoms with van der Waals surface area (Å²) in [6, 6.07) is 9.56. The minimum absolute atomic E-state index is 0. The van der Waals surface area contributed by atoms with E-state index in [9.17, 15) is 4.79 Å². The Morgan fingerprint density at radius 1 is 1.12 bits per heavy atom. The molecule has 0 saturated carbocycles. The highest BCUT2D eigenvalue weighted by atomic mass is 35.5. The lowest BCUT2D eigenvalue weighted by atomic mass is 9.83. The van der Waals surface area contributed by atoms with E-state index in [0.29, 0.717) is 0 Å². The lowest BCUT2D eigenvalue weighted by Gasteiger charge is -2.37. The molecule has 0 unspecified atom stereocenters. The molecule has 0 N–H and O–H groups in total. The van der Waals surface area contributed by atoms with Gasteiger partial charge < -0.3 is 0 Å². The number of ketones is 1. The maximum absolute atomic E-state index is 12.5. The molecule has 0 aliphatic heterocycles. The van der Waals surface area contributed by atoms with Gasteiger partial charge in [0.05, 0.1) is 5.54 Å². The second kappa shape index (κ2) is 6.77. The van der Waals surface area contributed by atoms with Crippen LogP contribution >= 0.6 is 12.4 Å². The minimum Gasteiger partial charge on any atom is -0.297 e. The summed E-state index contributed by atoms with van der Waals surface area (Å²) >= 11 is 0. The first-order valence-corrected chi connectivity index (χ1v) is 5.85. The summed E-state index contributed by atoms with van der Waals surface area (Å²) in [7, 11) is 3.96. The fraction of sp³-hybridized carbons (Fsp3) is 0.500. The maximum Gasteiger partial charge on any atom is 0.183 e. The smallest absolute Gasteiger partial charge is 0.183 e. The summed E-state index contributed by atoms with van der Waals surface area (Å²) in [4.78, 5) is 14.6. The van der Waals surface area contributed by atoms with Gasteiger partial charge in [0.1, 0.15) is 0 Å². The van der Waals surface area contributed by atoms with Gasteiger partial charge in [0.2, 0.25) is 0 Å². The van der Waals surface area contributed by atoms with Crippen molar-refractivity contribution in [2.45, 2.75) is 32.2 Å². The van der Waals surface area contributed by atoms with Crippen LogP contribution in [0.1, 0.15) is 37.0 Å². The van der Waals surface area contributed by atoms with E-state index in [2.05, 4.69) is 13.8 Å². The van der Waals surface area contributed by atoms with Crippen LogP contribution in [-0.2, 0) is 0 Å². The van der Waals surface area contributed by atoms with E-state index in [0.717, 1.165) is 18.4 Å². The van der Waals surface area contributed by atoms with Crippen molar-refractivity contribution in [3.63, 3.8) is 0 Å². The third kappa shape index (κ3) is 3.08. The van der Waals surface area contributed by atoms with Crippen molar-refractivity contribution in [3.8, 4) is 0 Å². The molecule has 0 aromatic heterocycles. The normalized spacial score (nSPS) is 11.1. The highest BCUT2D eigenvalue weighted by Gasteiger charge is 2.37. The summed E-state index contributed by atoms with van der Waals surface area (Å²) in [5, 5.41) is 0. The van der Waals surface area contributed by atoms with Gasteiger partial charge in [-0.1, -0.05) is 44.2 Å². The van der Waals surface area contributed by atoms with Crippen LogP contribution in [0, 0.1) is 0 Å². The van der Waals surface area contributed by atoms with Gasteiger partial charge >= 0.3 is 0 Å². The van der Waals surface area contributed by atoms with Gasteiger partial charge in [-0.3, -0.25) is 9.69 Å². The van der Waals surface area contributed by atoms with Crippen molar-refractivity contribution in [1.82, 2.24) is 4.90 Å². The number of likely N-dealkylation sites (N-methyl/N-ethyl adjacent to an activating group) is 1. The lowest BCUT2D eigenvalue weighted by Crippen LogP contribution is -2.50. The minimum atomic E-state index is -0.360. The lowest BCUT2D eigenvalue weighted by molar-refractivity contribution is 0.0656. The van der Waals surface area contributed by atoms with Crippen molar-refractivity contribution >= 4 is 18.2 Å². The number of benzene rings is 1. The van der Waals surface area contributed by atoms with Crippen LogP contribution in [0.25, 0.3) is 0 Å². The molecule has 0 radical (unpaired) electrons. The summed E-state index contributed by atoms with van der Waals surface area (Å²) < 4.78 is 0. The predicted molar refractivity (Wildman–Crippen MR) is 75.0 cm³/mol. The molecule has 0 aliphatic rings. The Kier molecular flexibility index (Phi) is 6.43. The van der Waals surface area contributed by atoms with Gasteiger partial charge in [-0.15, -0.1) is 12.4 Å². The molecule has 0 bridgehead atoms. The number of carbonyl (C=O) groups is 1. The highest BCUT2D eigenvalue weighted by Crippen LogP contribution is 2.26. The van der Waals surface area contributed by atoms with Gasteiger partial charge in [-0.05, 0) is 26.9 Å². The van der Waals surface area contributed by atoms with E-state index in [-0.39, 0.29) is 23.7 Å². The van der Waals surface area contributed by atoms with Crippen molar-refractivity contribution < 1.29 is 4.79 Å². The van der Waals surface area contributed by atoms with Crippen molar-refractivity contribution in [3.05, 3.63) is 35.9 Å². The molecule has 0 heterocycles. The molecule has 0 atom stereocenters. The molecule has 1 aromatic carbocycles. The Balaban J connectivity index is 0.00000256. The Hall–Kier alpha value is -0.860. The van der Waals surface area contributed by atoms with Crippen LogP contribution in [-0.4, -0.2) is 30.3 Å². The predicted octanol–water partition coefficient (Wildman–Crippen LogP) is 3.41. The van der Waals surface area contributed by atoms with Crippen LogP contribution < -0.4 is 0 Å². The van der Waals surface area contributed by atoms with Crippen LogP contribution in [0.15, 0.2) is 30.3 Å². The molecule has 0 fully saturated rings. The zero-order valence-corrected chi connectivity index (χ0v) is 11.9. The van der Waals surface area contributed by atoms with Gasteiger partial charge in [0.25, 0.3) is 0 Å². The fourth-order valence-corrected chi connectivity index (χ4v) is 2.26. The summed E-state index contributed by atoms with van der Waals surface area (Å²) in [5.74, 6) is 0.225. The molecule has 1 rings (SSSR count). The second-order valence-corrected chi connectivity index (χ2v) is 4.33. The highest BCUT2D eigenvalue weighted by molar-refractivity contribution is 6.03. The average molecular weight is 256 g/mol. The first-order chi connectivity index (χ1) is 7.58. The Labute approximate surface area is 110 Å². The van der Waals surface area contributed by atoms with E-state index >= 15 is 0 Å². The topological polar surface area (TPSA) is 20.3 Å². The summed E-state index contributed by atoms with van der Waals surface area (Å²) in [6.45, 7) is 4.15. The monoisotopic (exact) mass is 255 g/mol. The third-order valence-electron chi connectivity index (χ3n) is 3.48. The molecule has 0 spiro atoms. The van der Waals surface area contributed by atoms with E-state index < -0.39 is 0 Å². The first kappa shape index (κ1) is 16.1. The maximum atomic E-state index is 12.5. The number of halogens is 1. The van der Waals surface area contributed by atoms with Crippen molar-refractivity contribution in [2.24, 2.45) is 0 Å². The molecule has 3 heteroatoms. The van der Waals surface area contributed by atoms with E-state index in [1.165, 1.54) is 0 Å². The van der Waals surface area contributed by atoms with Gasteiger partial charge in [0, 0.05) is 5.56 Å². The van der Waals surface area contributed by atoms with Gasteiger partial charge in [0.15, 0.2) is 5.78 Å². The standard InChI is InChI=1S/C14H21NO.ClH/c1-5-14(6-2,15(3)4)13(16)12-10-8-7-9-11-12;/h7-11H,5-6H2,1-4H3;1H. The number of nitrogens with zero attached hydrogens (tertiary/aromatic N) is 1. The fourth-order valence-electron chi connectivity index (χ4n) is 2.26. The van der Waals surface area contributed by atoms with E-state index in [1.807, 2.05) is 49.3 Å². The molecule has 2 nitrogen and oxygen atoms in total. The van der Waals surface area contributed by atoms with Crippen molar-refractivity contribution in [1.29, 1.82) is 0 Å². The SMILES string of the molecule is CCC(CC)(C(=O)c1ccccc1)N(C)C.Cl. The number of rotatable bonds is 5. The summed E-state index contributed by atoms with van der Waals surface area (Å²) in [6.07, 6.45) is 1.68. The zero-order valence-electron chi connectivity index (χ0n) is 11.1. The Morgan fingerprint density at radius 2 is 1.59 bits per heavy atom. The zero-order chi connectivity index (χ0) is 12.2. The van der Waals surface area contributed by atoms with Crippen LogP contribution in [0.5, 0.6) is 0 Å². The molecule has 0 saturated heterocycles. The number of hydrogen-bond acceptors (Lipinski definition) is 2. The second-order valence-electron chi connectivity index (χ2n) is 4.33.